The lowest BCUT2D eigenvalue weighted by Gasteiger charge is -2.31. The maximum atomic E-state index is 12.5. The number of aromatic amines is 1. The number of nitriles is 1. The van der Waals surface area contributed by atoms with Crippen molar-refractivity contribution >= 4 is 24.4 Å². The fourth-order valence-electron chi connectivity index (χ4n) is 4.52. The number of rotatable bonds is 11. The topological polar surface area (TPSA) is 226 Å². The number of carbonyl (C=O) groups is 2. The summed E-state index contributed by atoms with van der Waals surface area (Å²) in [6.07, 6.45) is 14.3. The number of nitrogens with one attached hydrogen (secondary N) is 1. The summed E-state index contributed by atoms with van der Waals surface area (Å²) in [5.41, 5.74) is 18.9. The summed E-state index contributed by atoms with van der Waals surface area (Å²) in [7, 11) is 1.63. The average Bonchev–Trinajstić information content (AvgIpc) is 3.44. The first kappa shape index (κ1) is 36.2. The number of aliphatic carboxylic acids is 1. The number of aliphatic hydroxyl groups is 1. The highest BCUT2D eigenvalue weighted by molar-refractivity contribution is 6.01. The second-order valence-corrected chi connectivity index (χ2v) is 10.2. The zero-order chi connectivity index (χ0) is 31.4. The Labute approximate surface area is 246 Å². The molecule has 0 radical (unpaired) electrons. The normalized spacial score (nSPS) is 17.7. The smallest absolute Gasteiger partial charge is 0.305 e. The Morgan fingerprint density at radius 2 is 2.00 bits per heavy atom. The van der Waals surface area contributed by atoms with Crippen LogP contribution in [0.5, 0.6) is 0 Å². The second kappa shape index (κ2) is 20.1. The minimum atomic E-state index is -0.769. The van der Waals surface area contributed by atoms with E-state index in [9.17, 15) is 14.0 Å². The van der Waals surface area contributed by atoms with Gasteiger partial charge in [0.25, 0.3) is 6.26 Å². The van der Waals surface area contributed by atoms with Crippen LogP contribution in [0, 0.1) is 11.5 Å². The number of nitrogens with zero attached hydrogens (tertiary/aromatic N) is 3. The number of aliphatic hydroxyl groups excluding tert-OH is 1. The molecule has 1 saturated carbocycles. The van der Waals surface area contributed by atoms with Gasteiger partial charge >= 0.3 is 5.97 Å². The molecule has 0 aromatic carbocycles. The number of nitrogens with two attached hydrogens (primary N) is 3. The van der Waals surface area contributed by atoms with Crippen LogP contribution in [0.25, 0.3) is 0 Å². The fraction of sp³-hybridized carbons (Fsp3) is 0.552. The van der Waals surface area contributed by atoms with Crippen molar-refractivity contribution in [1.82, 2.24) is 4.98 Å². The van der Waals surface area contributed by atoms with Gasteiger partial charge in [-0.25, -0.2) is 9.38 Å². The lowest BCUT2D eigenvalue weighted by molar-refractivity contribution is -0.138. The first-order chi connectivity index (χ1) is 20.1. The van der Waals surface area contributed by atoms with Crippen molar-refractivity contribution in [3.05, 3.63) is 47.1 Å². The van der Waals surface area contributed by atoms with E-state index in [1.807, 2.05) is 12.1 Å². The number of carbonyl (C=O) groups excluding carboxylic acids is 1. The number of aliphatic imine (C=N–C) groups is 2. The average molecular weight is 590 g/mol. The first-order valence-corrected chi connectivity index (χ1v) is 13.9. The van der Waals surface area contributed by atoms with Gasteiger partial charge in [-0.3, -0.25) is 9.79 Å². The molecule has 1 heterocycles. The number of allylic oxidation sites excluding steroid dienone is 3. The van der Waals surface area contributed by atoms with Crippen LogP contribution in [-0.4, -0.2) is 71.0 Å². The molecule has 1 aromatic rings. The molecule has 1 aromatic heterocycles. The van der Waals surface area contributed by atoms with Crippen molar-refractivity contribution in [3.63, 3.8) is 0 Å². The van der Waals surface area contributed by atoms with Crippen molar-refractivity contribution in [3.8, 4) is 6.26 Å². The van der Waals surface area contributed by atoms with Gasteiger partial charge in [-0.2, -0.15) is 5.26 Å². The Morgan fingerprint density at radius 3 is 2.52 bits per heavy atom. The van der Waals surface area contributed by atoms with E-state index in [2.05, 4.69) is 15.0 Å². The van der Waals surface area contributed by atoms with Gasteiger partial charge in [-0.1, -0.05) is 30.9 Å². The van der Waals surface area contributed by atoms with Gasteiger partial charge in [-0.15, -0.1) is 0 Å². The van der Waals surface area contributed by atoms with Crippen LogP contribution in [0.15, 0.2) is 45.7 Å². The summed E-state index contributed by atoms with van der Waals surface area (Å²) in [6, 6.07) is 3.31. The Morgan fingerprint density at radius 1 is 1.29 bits per heavy atom. The number of carboxylic acids is 1. The molecular weight excluding hydrogens is 545 g/mol. The van der Waals surface area contributed by atoms with Crippen LogP contribution < -0.4 is 17.2 Å². The van der Waals surface area contributed by atoms with Crippen LogP contribution in [0.2, 0.25) is 0 Å². The predicted octanol–water partition coefficient (Wildman–Crippen LogP) is 2.77. The zero-order valence-electron chi connectivity index (χ0n) is 24.2. The van der Waals surface area contributed by atoms with Crippen molar-refractivity contribution in [2.75, 3.05) is 13.7 Å². The van der Waals surface area contributed by atoms with Gasteiger partial charge in [-0.05, 0) is 56.7 Å². The molecule has 2 aliphatic rings. The molecule has 232 valence electrons. The van der Waals surface area contributed by atoms with Crippen molar-refractivity contribution in [2.45, 2.75) is 88.3 Å². The summed E-state index contributed by atoms with van der Waals surface area (Å²) in [5, 5.41) is 25.9. The highest BCUT2D eigenvalue weighted by atomic mass is 19.1. The quantitative estimate of drug-likeness (QED) is 0.0963. The second-order valence-electron chi connectivity index (χ2n) is 10.2. The molecule has 2 unspecified atom stereocenters. The minimum absolute atomic E-state index is 0.0987. The Bertz CT molecular complexity index is 1130. The molecule has 9 N–H and O–H groups in total. The number of aromatic nitrogens is 1. The number of halogens is 1. The minimum Gasteiger partial charge on any atom is -0.481 e. The van der Waals surface area contributed by atoms with Gasteiger partial charge in [0, 0.05) is 24.7 Å². The standard InChI is InChI=1S/C12H17N5O2.C9H12FNO.C8H15NO2/c1-15-12(16-7-13)11-5-3-9(17-11)2-4-10(6-18)19-8-14;10-8-3-1-7(2-4-8)5-9(11)6-12;9-8(6-7(10)11)4-2-1-3-5-8/h3,5,7,10,17-18H,2,4,6H2,1H3,(H2,13,15,16);1,3,6,9H,2,4-5,11H2;1-6,9H2,(H,10,11). The molecule has 0 saturated heterocycles. The zero-order valence-corrected chi connectivity index (χ0v) is 24.2. The number of ether oxygens (including phenoxy) is 1. The summed E-state index contributed by atoms with van der Waals surface area (Å²) in [6.45, 7) is -0.180. The lowest BCUT2D eigenvalue weighted by Crippen LogP contribution is -2.43. The van der Waals surface area contributed by atoms with E-state index >= 15 is 0 Å². The molecule has 0 spiro atoms. The number of carboxylic acid groups (broad SMARTS) is 1. The third kappa shape index (κ3) is 14.7. The molecule has 1 fully saturated rings. The molecule has 0 bridgehead atoms. The number of amidine groups is 1. The molecular formula is C29H44FN7O5. The van der Waals surface area contributed by atoms with Crippen molar-refractivity contribution in [1.29, 1.82) is 5.26 Å². The SMILES string of the molecule is CN=C(N=CN)c1ccc(CCC(CO)OC#N)[nH]1.NC(C=O)CC1=CC=C(F)CC1.NC1(CC(=O)O)CCCCC1. The molecule has 3 rings (SSSR count). The molecule has 13 heteroatoms. The maximum Gasteiger partial charge on any atom is 0.305 e. The summed E-state index contributed by atoms with van der Waals surface area (Å²) >= 11 is 0. The van der Waals surface area contributed by atoms with E-state index in [0.717, 1.165) is 48.9 Å². The van der Waals surface area contributed by atoms with Crippen LogP contribution in [-0.2, 0) is 20.7 Å². The Kier molecular flexibility index (Phi) is 17.3. The monoisotopic (exact) mass is 589 g/mol. The number of aldehydes is 1. The fourth-order valence-corrected chi connectivity index (χ4v) is 4.52. The molecule has 2 aliphatic carbocycles. The highest BCUT2D eigenvalue weighted by Gasteiger charge is 2.29. The van der Waals surface area contributed by atoms with Gasteiger partial charge < -0.3 is 41.9 Å². The Balaban J connectivity index is 0.000000332. The molecule has 0 amide bonds. The van der Waals surface area contributed by atoms with Crippen molar-refractivity contribution in [2.24, 2.45) is 27.2 Å². The summed E-state index contributed by atoms with van der Waals surface area (Å²) in [4.78, 5) is 31.7. The molecule has 12 nitrogen and oxygen atoms in total. The summed E-state index contributed by atoms with van der Waals surface area (Å²) in [5.74, 6) is -0.353. The van der Waals surface area contributed by atoms with Gasteiger partial charge in [0.1, 0.15) is 18.2 Å². The van der Waals surface area contributed by atoms with E-state index in [4.69, 9.17) is 37.4 Å². The lowest BCUT2D eigenvalue weighted by atomic mass is 9.80. The number of H-pyrrole nitrogens is 1. The third-order valence-electron chi connectivity index (χ3n) is 6.76. The number of hydrogen-bond acceptors (Lipinski definition) is 8. The van der Waals surface area contributed by atoms with E-state index < -0.39 is 23.7 Å². The van der Waals surface area contributed by atoms with Crippen LogP contribution >= 0.6 is 0 Å². The van der Waals surface area contributed by atoms with Gasteiger partial charge in [0.2, 0.25) is 0 Å². The van der Waals surface area contributed by atoms with Crippen molar-refractivity contribution < 1.29 is 28.9 Å². The van der Waals surface area contributed by atoms with Gasteiger partial charge in [0.05, 0.1) is 31.1 Å². The van der Waals surface area contributed by atoms with E-state index in [-0.39, 0.29) is 18.9 Å². The predicted molar refractivity (Wildman–Crippen MR) is 159 cm³/mol. The van der Waals surface area contributed by atoms with Crippen LogP contribution in [0.4, 0.5) is 4.39 Å². The van der Waals surface area contributed by atoms with E-state index in [1.54, 1.807) is 19.4 Å². The highest BCUT2D eigenvalue weighted by Crippen LogP contribution is 2.28. The molecule has 0 aliphatic heterocycles. The molecule has 42 heavy (non-hydrogen) atoms. The summed E-state index contributed by atoms with van der Waals surface area (Å²) < 4.78 is 17.2. The maximum absolute atomic E-state index is 12.5. The van der Waals surface area contributed by atoms with Crippen LogP contribution in [0.3, 0.4) is 0 Å². The van der Waals surface area contributed by atoms with E-state index in [0.29, 0.717) is 37.9 Å². The third-order valence-corrected chi connectivity index (χ3v) is 6.76. The first-order valence-electron chi connectivity index (χ1n) is 13.9. The Hall–Kier alpha value is -3.86. The van der Waals surface area contributed by atoms with E-state index in [1.165, 1.54) is 18.8 Å². The van der Waals surface area contributed by atoms with Gasteiger partial charge in [0.15, 0.2) is 5.84 Å². The molecule has 2 atom stereocenters. The largest absolute Gasteiger partial charge is 0.481 e. The number of aryl methyl sites for hydroxylation is 1. The number of hydrogen-bond donors (Lipinski definition) is 6. The van der Waals surface area contributed by atoms with Crippen LogP contribution in [0.1, 0.15) is 75.6 Å².